The third-order valence-corrected chi connectivity index (χ3v) is 3.37. The molecular weight excluding hydrogens is 283 g/mol. The van der Waals surface area contributed by atoms with Gasteiger partial charge < -0.3 is 15.3 Å². The minimum atomic E-state index is -0.841. The number of aliphatic hydroxyl groups is 1. The molecule has 0 aliphatic rings. The van der Waals surface area contributed by atoms with Crippen LogP contribution in [0.15, 0.2) is 48.5 Å². The molecule has 2 aromatic carbocycles. The lowest BCUT2D eigenvalue weighted by molar-refractivity contribution is 0.0912. The van der Waals surface area contributed by atoms with E-state index < -0.39 is 17.8 Å². The topological polar surface area (TPSA) is 52.6 Å². The Morgan fingerprint density at radius 3 is 2.41 bits per heavy atom. The average molecular weight is 302 g/mol. The molecule has 0 heterocycles. The van der Waals surface area contributed by atoms with Crippen molar-refractivity contribution in [2.75, 3.05) is 25.5 Å². The van der Waals surface area contributed by atoms with Crippen LogP contribution in [0.4, 0.5) is 10.1 Å². The summed E-state index contributed by atoms with van der Waals surface area (Å²) in [5, 5.41) is 12.6. The van der Waals surface area contributed by atoms with Gasteiger partial charge >= 0.3 is 0 Å². The first-order valence-corrected chi connectivity index (χ1v) is 6.97. The first-order valence-electron chi connectivity index (χ1n) is 6.97. The summed E-state index contributed by atoms with van der Waals surface area (Å²) < 4.78 is 13.5. The second-order valence-electron chi connectivity index (χ2n) is 5.19. The summed E-state index contributed by atoms with van der Waals surface area (Å²) in [4.78, 5) is 13.8. The lowest BCUT2D eigenvalue weighted by atomic mass is 10.1. The lowest BCUT2D eigenvalue weighted by Gasteiger charge is -2.16. The molecule has 0 aliphatic carbocycles. The number of halogens is 1. The fraction of sp³-hybridized carbons (Fsp3) is 0.235. The zero-order valence-corrected chi connectivity index (χ0v) is 12.6. The summed E-state index contributed by atoms with van der Waals surface area (Å²) in [5.41, 5.74) is 1.68. The number of carbonyl (C=O) groups is 1. The minimum absolute atomic E-state index is 0.0223. The van der Waals surface area contributed by atoms with Crippen LogP contribution in [-0.2, 0) is 0 Å². The highest BCUT2D eigenvalue weighted by Crippen LogP contribution is 2.17. The normalized spacial score (nSPS) is 11.8. The number of carbonyl (C=O) groups excluding carboxylic acids is 1. The molecule has 1 atom stereocenters. The number of amides is 1. The molecule has 22 heavy (non-hydrogen) atoms. The molecule has 0 aliphatic heterocycles. The van der Waals surface area contributed by atoms with Crippen LogP contribution in [0.25, 0.3) is 0 Å². The Morgan fingerprint density at radius 2 is 1.82 bits per heavy atom. The molecule has 0 spiro atoms. The fourth-order valence-corrected chi connectivity index (χ4v) is 2.04. The Labute approximate surface area is 129 Å². The van der Waals surface area contributed by atoms with Crippen molar-refractivity contribution in [3.05, 3.63) is 65.5 Å². The maximum absolute atomic E-state index is 13.5. The van der Waals surface area contributed by atoms with E-state index in [-0.39, 0.29) is 12.1 Å². The molecule has 2 N–H and O–H groups in total. The first-order chi connectivity index (χ1) is 10.5. The van der Waals surface area contributed by atoms with E-state index in [1.165, 1.54) is 18.2 Å². The number of nitrogens with one attached hydrogen (secondary N) is 1. The van der Waals surface area contributed by atoms with Crippen LogP contribution in [0.1, 0.15) is 22.0 Å². The van der Waals surface area contributed by atoms with Gasteiger partial charge in [-0.15, -0.1) is 0 Å². The predicted octanol–water partition coefficient (Wildman–Crippen LogP) is 2.36. The Hall–Kier alpha value is -2.40. The van der Waals surface area contributed by atoms with Gasteiger partial charge in [-0.1, -0.05) is 24.3 Å². The molecular formula is C17H19FN2O2. The van der Waals surface area contributed by atoms with Gasteiger partial charge in [0.2, 0.25) is 0 Å². The van der Waals surface area contributed by atoms with Crippen molar-refractivity contribution in [3.8, 4) is 0 Å². The van der Waals surface area contributed by atoms with Crippen molar-refractivity contribution < 1.29 is 14.3 Å². The van der Waals surface area contributed by atoms with Gasteiger partial charge in [0, 0.05) is 26.3 Å². The summed E-state index contributed by atoms with van der Waals surface area (Å²) in [6, 6.07) is 13.1. The summed E-state index contributed by atoms with van der Waals surface area (Å²) in [7, 11) is 3.86. The molecule has 0 saturated carbocycles. The molecule has 0 saturated heterocycles. The largest absolute Gasteiger partial charge is 0.387 e. The van der Waals surface area contributed by atoms with E-state index >= 15 is 0 Å². The zero-order valence-electron chi connectivity index (χ0n) is 12.6. The monoisotopic (exact) mass is 302 g/mol. The highest BCUT2D eigenvalue weighted by molar-refractivity contribution is 5.94. The van der Waals surface area contributed by atoms with E-state index in [9.17, 15) is 14.3 Å². The van der Waals surface area contributed by atoms with Crippen molar-refractivity contribution in [2.45, 2.75) is 6.10 Å². The molecule has 2 rings (SSSR count). The van der Waals surface area contributed by atoms with Gasteiger partial charge in [0.25, 0.3) is 5.91 Å². The molecule has 2 aromatic rings. The number of hydrogen-bond donors (Lipinski definition) is 2. The van der Waals surface area contributed by atoms with Gasteiger partial charge in [0.05, 0.1) is 11.7 Å². The molecule has 0 radical (unpaired) electrons. The lowest BCUT2D eigenvalue weighted by Crippen LogP contribution is -2.29. The SMILES string of the molecule is CN(C)c1ccc(C(O)CNC(=O)c2ccccc2F)cc1. The summed E-state index contributed by atoms with van der Waals surface area (Å²) in [6.07, 6.45) is -0.841. The molecule has 0 bridgehead atoms. The average Bonchev–Trinajstić information content (AvgIpc) is 2.52. The van der Waals surface area contributed by atoms with E-state index in [2.05, 4.69) is 5.32 Å². The van der Waals surface area contributed by atoms with Gasteiger partial charge in [-0.05, 0) is 29.8 Å². The molecule has 1 unspecified atom stereocenters. The zero-order chi connectivity index (χ0) is 16.1. The summed E-state index contributed by atoms with van der Waals surface area (Å²) >= 11 is 0. The van der Waals surface area contributed by atoms with E-state index in [0.29, 0.717) is 5.56 Å². The van der Waals surface area contributed by atoms with E-state index in [4.69, 9.17) is 0 Å². The Bertz CT molecular complexity index is 641. The van der Waals surface area contributed by atoms with Crippen molar-refractivity contribution in [3.63, 3.8) is 0 Å². The molecule has 1 amide bonds. The van der Waals surface area contributed by atoms with Crippen molar-refractivity contribution in [1.29, 1.82) is 0 Å². The van der Waals surface area contributed by atoms with Crippen LogP contribution in [-0.4, -0.2) is 31.7 Å². The second kappa shape index (κ2) is 7.04. The van der Waals surface area contributed by atoms with Gasteiger partial charge in [-0.3, -0.25) is 4.79 Å². The molecule has 4 nitrogen and oxygen atoms in total. The van der Waals surface area contributed by atoms with Crippen LogP contribution in [0.5, 0.6) is 0 Å². The Morgan fingerprint density at radius 1 is 1.18 bits per heavy atom. The van der Waals surface area contributed by atoms with Crippen molar-refractivity contribution in [1.82, 2.24) is 5.32 Å². The van der Waals surface area contributed by atoms with Crippen LogP contribution in [0.2, 0.25) is 0 Å². The smallest absolute Gasteiger partial charge is 0.254 e. The van der Waals surface area contributed by atoms with Crippen LogP contribution < -0.4 is 10.2 Å². The molecule has 0 fully saturated rings. The maximum atomic E-state index is 13.5. The van der Waals surface area contributed by atoms with Crippen LogP contribution in [0.3, 0.4) is 0 Å². The Balaban J connectivity index is 1.96. The third-order valence-electron chi connectivity index (χ3n) is 3.37. The van der Waals surface area contributed by atoms with Crippen molar-refractivity contribution in [2.24, 2.45) is 0 Å². The number of nitrogens with zero attached hydrogens (tertiary/aromatic N) is 1. The standard InChI is InChI=1S/C17H19FN2O2/c1-20(2)13-9-7-12(8-10-13)16(21)11-19-17(22)14-5-3-4-6-15(14)18/h3-10,16,21H,11H2,1-2H3,(H,19,22). The first kappa shape index (κ1) is 16.0. The van der Waals surface area contributed by atoms with Crippen molar-refractivity contribution >= 4 is 11.6 Å². The number of rotatable bonds is 5. The van der Waals surface area contributed by atoms with E-state index in [0.717, 1.165) is 5.69 Å². The fourth-order valence-electron chi connectivity index (χ4n) is 2.04. The highest BCUT2D eigenvalue weighted by Gasteiger charge is 2.13. The number of anilines is 1. The van der Waals surface area contributed by atoms with Crippen LogP contribution >= 0.6 is 0 Å². The number of aliphatic hydroxyl groups excluding tert-OH is 1. The molecule has 0 aromatic heterocycles. The quantitative estimate of drug-likeness (QED) is 0.891. The van der Waals surface area contributed by atoms with Gasteiger partial charge in [-0.2, -0.15) is 0 Å². The summed E-state index contributed by atoms with van der Waals surface area (Å²) in [6.45, 7) is 0.0223. The Kier molecular flexibility index (Phi) is 5.12. The van der Waals surface area contributed by atoms with Gasteiger partial charge in [0.15, 0.2) is 0 Å². The highest BCUT2D eigenvalue weighted by atomic mass is 19.1. The molecule has 116 valence electrons. The molecule has 5 heteroatoms. The number of hydrogen-bond acceptors (Lipinski definition) is 3. The number of benzene rings is 2. The van der Waals surface area contributed by atoms with E-state index in [1.54, 1.807) is 18.2 Å². The third kappa shape index (κ3) is 3.83. The minimum Gasteiger partial charge on any atom is -0.387 e. The predicted molar refractivity (Wildman–Crippen MR) is 84.5 cm³/mol. The second-order valence-corrected chi connectivity index (χ2v) is 5.19. The summed E-state index contributed by atoms with van der Waals surface area (Å²) in [5.74, 6) is -1.12. The van der Waals surface area contributed by atoms with Gasteiger partial charge in [0.1, 0.15) is 5.82 Å². The maximum Gasteiger partial charge on any atom is 0.254 e. The van der Waals surface area contributed by atoms with Crippen LogP contribution in [0, 0.1) is 5.82 Å². The van der Waals surface area contributed by atoms with E-state index in [1.807, 2.05) is 31.1 Å². The van der Waals surface area contributed by atoms with Gasteiger partial charge in [-0.25, -0.2) is 4.39 Å².